The molecule has 1 heterocycles. The van der Waals surface area contributed by atoms with Gasteiger partial charge in [-0.15, -0.1) is 0 Å². The Hall–Kier alpha value is -3.06. The molecule has 2 aromatic carbocycles. The first-order valence-electron chi connectivity index (χ1n) is 6.58. The maximum atomic E-state index is 9.81. The van der Waals surface area contributed by atoms with Gasteiger partial charge in [-0.25, -0.2) is 0 Å². The predicted molar refractivity (Wildman–Crippen MR) is 81.9 cm³/mol. The second kappa shape index (κ2) is 5.51. The summed E-state index contributed by atoms with van der Waals surface area (Å²) >= 11 is 0. The van der Waals surface area contributed by atoms with E-state index in [0.717, 1.165) is 22.2 Å². The fourth-order valence-electron chi connectivity index (χ4n) is 2.26. The molecule has 1 aromatic heterocycles. The minimum absolute atomic E-state index is 0.238. The minimum Gasteiger partial charge on any atom is -0.508 e. The van der Waals surface area contributed by atoms with Gasteiger partial charge in [-0.1, -0.05) is 36.4 Å². The maximum absolute atomic E-state index is 9.81. The second-order valence-corrected chi connectivity index (χ2v) is 4.66. The molecule has 4 nitrogen and oxygen atoms in total. The van der Waals surface area contributed by atoms with Crippen LogP contribution in [0.25, 0.3) is 10.9 Å². The SMILES string of the molecule is N#Cc1cnc2ccccc2c1NCc1ccccc1O. The van der Waals surface area contributed by atoms with Gasteiger partial charge in [0.2, 0.25) is 0 Å². The van der Waals surface area contributed by atoms with E-state index in [0.29, 0.717) is 12.1 Å². The van der Waals surface area contributed by atoms with Crippen molar-refractivity contribution < 1.29 is 5.11 Å². The number of rotatable bonds is 3. The molecule has 0 radical (unpaired) electrons. The van der Waals surface area contributed by atoms with Crippen molar-refractivity contribution in [2.75, 3.05) is 5.32 Å². The number of nitrogens with one attached hydrogen (secondary N) is 1. The van der Waals surface area contributed by atoms with Crippen LogP contribution in [-0.2, 0) is 6.54 Å². The zero-order valence-corrected chi connectivity index (χ0v) is 11.2. The highest BCUT2D eigenvalue weighted by atomic mass is 16.3. The zero-order chi connectivity index (χ0) is 14.7. The van der Waals surface area contributed by atoms with E-state index < -0.39 is 0 Å². The van der Waals surface area contributed by atoms with Gasteiger partial charge in [0.1, 0.15) is 11.8 Å². The van der Waals surface area contributed by atoms with Crippen LogP contribution in [0, 0.1) is 11.3 Å². The number of nitriles is 1. The molecule has 0 amide bonds. The Morgan fingerprint density at radius 1 is 1.10 bits per heavy atom. The van der Waals surface area contributed by atoms with Crippen LogP contribution < -0.4 is 5.32 Å². The number of aromatic nitrogens is 1. The lowest BCUT2D eigenvalue weighted by atomic mass is 10.1. The van der Waals surface area contributed by atoms with E-state index in [2.05, 4.69) is 16.4 Å². The minimum atomic E-state index is 0.238. The largest absolute Gasteiger partial charge is 0.508 e. The van der Waals surface area contributed by atoms with Gasteiger partial charge in [0.25, 0.3) is 0 Å². The number of hydrogen-bond donors (Lipinski definition) is 2. The van der Waals surface area contributed by atoms with E-state index in [4.69, 9.17) is 0 Å². The van der Waals surface area contributed by atoms with Gasteiger partial charge in [0.05, 0.1) is 16.8 Å². The van der Waals surface area contributed by atoms with Crippen LogP contribution in [-0.4, -0.2) is 10.1 Å². The van der Waals surface area contributed by atoms with Gasteiger partial charge in [0, 0.05) is 23.7 Å². The van der Waals surface area contributed by atoms with Gasteiger partial charge < -0.3 is 10.4 Å². The summed E-state index contributed by atoms with van der Waals surface area (Å²) in [6.07, 6.45) is 1.56. The van der Waals surface area contributed by atoms with Gasteiger partial charge in [0.15, 0.2) is 0 Å². The van der Waals surface area contributed by atoms with Crippen LogP contribution in [0.4, 0.5) is 5.69 Å². The van der Waals surface area contributed by atoms with Crippen molar-refractivity contribution in [2.24, 2.45) is 0 Å². The average molecular weight is 275 g/mol. The molecule has 0 atom stereocenters. The van der Waals surface area contributed by atoms with E-state index in [1.165, 1.54) is 0 Å². The van der Waals surface area contributed by atoms with Crippen LogP contribution in [0.3, 0.4) is 0 Å². The first-order chi connectivity index (χ1) is 10.3. The summed E-state index contributed by atoms with van der Waals surface area (Å²) in [7, 11) is 0. The van der Waals surface area contributed by atoms with Crippen molar-refractivity contribution in [3.05, 3.63) is 65.9 Å². The van der Waals surface area contributed by atoms with Gasteiger partial charge in [-0.2, -0.15) is 5.26 Å². The van der Waals surface area contributed by atoms with Crippen LogP contribution in [0.5, 0.6) is 5.75 Å². The summed E-state index contributed by atoms with van der Waals surface area (Å²) in [6, 6.07) is 16.9. The van der Waals surface area contributed by atoms with Crippen LogP contribution in [0.2, 0.25) is 0 Å². The van der Waals surface area contributed by atoms with Crippen molar-refractivity contribution in [2.45, 2.75) is 6.54 Å². The Balaban J connectivity index is 2.00. The first kappa shape index (κ1) is 12.9. The monoisotopic (exact) mass is 275 g/mol. The first-order valence-corrected chi connectivity index (χ1v) is 6.58. The van der Waals surface area contributed by atoms with Crippen molar-refractivity contribution in [3.63, 3.8) is 0 Å². The van der Waals surface area contributed by atoms with Crippen molar-refractivity contribution >= 4 is 16.6 Å². The zero-order valence-electron chi connectivity index (χ0n) is 11.2. The van der Waals surface area contributed by atoms with E-state index in [-0.39, 0.29) is 5.75 Å². The molecule has 0 aliphatic carbocycles. The lowest BCUT2D eigenvalue weighted by Gasteiger charge is -2.12. The molecule has 0 fully saturated rings. The second-order valence-electron chi connectivity index (χ2n) is 4.66. The molecule has 3 aromatic rings. The highest BCUT2D eigenvalue weighted by molar-refractivity contribution is 5.93. The normalized spacial score (nSPS) is 10.2. The summed E-state index contributed by atoms with van der Waals surface area (Å²) in [5, 5.41) is 23.2. The predicted octanol–water partition coefficient (Wildman–Crippen LogP) is 3.42. The fourth-order valence-corrected chi connectivity index (χ4v) is 2.26. The molecule has 21 heavy (non-hydrogen) atoms. The Morgan fingerprint density at radius 2 is 1.86 bits per heavy atom. The molecule has 0 aliphatic rings. The average Bonchev–Trinajstić information content (AvgIpc) is 2.53. The highest BCUT2D eigenvalue weighted by Crippen LogP contribution is 2.26. The van der Waals surface area contributed by atoms with Crippen LogP contribution in [0.15, 0.2) is 54.7 Å². The van der Waals surface area contributed by atoms with Crippen LogP contribution in [0.1, 0.15) is 11.1 Å². The van der Waals surface area contributed by atoms with E-state index in [1.54, 1.807) is 18.3 Å². The Bertz CT molecular complexity index is 837. The number of para-hydroxylation sites is 2. The maximum Gasteiger partial charge on any atom is 0.120 e. The molecule has 0 aliphatic heterocycles. The number of aromatic hydroxyl groups is 1. The number of anilines is 1. The highest BCUT2D eigenvalue weighted by Gasteiger charge is 2.09. The molecule has 4 heteroatoms. The van der Waals surface area contributed by atoms with Gasteiger partial charge in [-0.05, 0) is 12.1 Å². The molecule has 0 spiro atoms. The molecule has 102 valence electrons. The van der Waals surface area contributed by atoms with Crippen LogP contribution >= 0.6 is 0 Å². The Labute approximate surface area is 122 Å². The topological polar surface area (TPSA) is 68.9 Å². The number of hydrogen-bond acceptors (Lipinski definition) is 4. The summed E-state index contributed by atoms with van der Waals surface area (Å²) < 4.78 is 0. The molecular formula is C17H13N3O. The Kier molecular flexibility index (Phi) is 3.40. The number of pyridine rings is 1. The van der Waals surface area contributed by atoms with E-state index in [9.17, 15) is 10.4 Å². The number of nitrogens with zero attached hydrogens (tertiary/aromatic N) is 2. The van der Waals surface area contributed by atoms with Gasteiger partial charge >= 0.3 is 0 Å². The van der Waals surface area contributed by atoms with Crippen molar-refractivity contribution in [1.29, 1.82) is 5.26 Å². The Morgan fingerprint density at radius 3 is 2.67 bits per heavy atom. The van der Waals surface area contributed by atoms with Gasteiger partial charge in [-0.3, -0.25) is 4.98 Å². The number of benzene rings is 2. The molecule has 0 saturated carbocycles. The standard InChI is InChI=1S/C17H13N3O/c18-9-13-11-19-15-7-3-2-6-14(15)17(13)20-10-12-5-1-4-8-16(12)21/h1-8,11,21H,10H2,(H,19,20). The summed E-state index contributed by atoms with van der Waals surface area (Å²) in [5.74, 6) is 0.238. The van der Waals surface area contributed by atoms with Crippen molar-refractivity contribution in [3.8, 4) is 11.8 Å². The van der Waals surface area contributed by atoms with E-state index in [1.807, 2.05) is 36.4 Å². The molecule has 0 saturated heterocycles. The molecule has 2 N–H and O–H groups in total. The molecule has 3 rings (SSSR count). The third-order valence-electron chi connectivity index (χ3n) is 3.34. The third kappa shape index (κ3) is 2.49. The summed E-state index contributed by atoms with van der Waals surface area (Å²) in [5.41, 5.74) is 2.84. The quantitative estimate of drug-likeness (QED) is 0.768. The van der Waals surface area contributed by atoms with Crippen molar-refractivity contribution in [1.82, 2.24) is 4.98 Å². The molecular weight excluding hydrogens is 262 g/mol. The third-order valence-corrected chi connectivity index (χ3v) is 3.34. The summed E-state index contributed by atoms with van der Waals surface area (Å²) in [4.78, 5) is 4.27. The number of phenolic OH excluding ortho intramolecular Hbond substituents is 1. The lowest BCUT2D eigenvalue weighted by molar-refractivity contribution is 0.469. The fraction of sp³-hybridized carbons (Fsp3) is 0.0588. The molecule has 0 unspecified atom stereocenters. The number of fused-ring (bicyclic) bond motifs is 1. The van der Waals surface area contributed by atoms with E-state index >= 15 is 0 Å². The summed E-state index contributed by atoms with van der Waals surface area (Å²) in [6.45, 7) is 0.440. The number of phenols is 1. The lowest BCUT2D eigenvalue weighted by Crippen LogP contribution is -2.03. The smallest absolute Gasteiger partial charge is 0.120 e. The molecule has 0 bridgehead atoms.